The maximum Gasteiger partial charge on any atom is 0.271 e. The molecule has 0 fully saturated rings. The van der Waals surface area contributed by atoms with Crippen LogP contribution < -0.4 is 5.43 Å². The van der Waals surface area contributed by atoms with Crippen molar-refractivity contribution in [3.05, 3.63) is 82.1 Å². The van der Waals surface area contributed by atoms with Crippen molar-refractivity contribution in [2.24, 2.45) is 5.10 Å². The maximum atomic E-state index is 12.1. The third-order valence-corrected chi connectivity index (χ3v) is 4.09. The molecule has 0 radical (unpaired) electrons. The molecule has 0 saturated carbocycles. The molecule has 25 heavy (non-hydrogen) atoms. The number of benzene rings is 2. The van der Waals surface area contributed by atoms with E-state index in [4.69, 9.17) is 11.6 Å². The average Bonchev–Trinajstić information content (AvgIpc) is 2.91. The molecule has 0 bridgehead atoms. The van der Waals surface area contributed by atoms with Crippen LogP contribution in [0.1, 0.15) is 27.2 Å². The van der Waals surface area contributed by atoms with E-state index in [1.807, 2.05) is 56.3 Å². The number of hydrogen-bond acceptors (Lipinski definition) is 3. The van der Waals surface area contributed by atoms with Gasteiger partial charge in [-0.3, -0.25) is 4.79 Å². The Labute approximate surface area is 150 Å². The number of para-hydroxylation sites is 1. The molecule has 0 saturated heterocycles. The van der Waals surface area contributed by atoms with E-state index in [1.165, 1.54) is 6.21 Å². The van der Waals surface area contributed by atoms with Crippen LogP contribution in [0.25, 0.3) is 5.69 Å². The molecule has 6 heteroatoms. The van der Waals surface area contributed by atoms with Crippen LogP contribution >= 0.6 is 11.6 Å². The van der Waals surface area contributed by atoms with Gasteiger partial charge in [-0.25, -0.2) is 10.1 Å². The van der Waals surface area contributed by atoms with E-state index in [0.29, 0.717) is 16.3 Å². The van der Waals surface area contributed by atoms with Gasteiger partial charge in [0, 0.05) is 5.56 Å². The Morgan fingerprint density at radius 2 is 1.80 bits per heavy atom. The lowest BCUT2D eigenvalue weighted by molar-refractivity contribution is 0.0955. The summed E-state index contributed by atoms with van der Waals surface area (Å²) in [6, 6.07) is 16.9. The minimum absolute atomic E-state index is 0.277. The van der Waals surface area contributed by atoms with E-state index in [9.17, 15) is 4.79 Å². The highest BCUT2D eigenvalue weighted by Gasteiger charge is 2.13. The zero-order chi connectivity index (χ0) is 17.8. The second kappa shape index (κ2) is 7.32. The Hall–Kier alpha value is -2.92. The number of amides is 1. The van der Waals surface area contributed by atoms with E-state index in [2.05, 4.69) is 15.6 Å². The molecular weight excluding hydrogens is 336 g/mol. The molecule has 0 spiro atoms. The van der Waals surface area contributed by atoms with E-state index in [-0.39, 0.29) is 5.91 Å². The standard InChI is InChI=1S/C19H17ClN4O/c1-13-8-10-15(11-9-13)19(25)22-21-12-17-14(2)23-24(18(17)20)16-6-4-3-5-7-16/h3-12H,1-2H3,(H,22,25). The molecule has 0 aliphatic heterocycles. The molecule has 0 atom stereocenters. The van der Waals surface area contributed by atoms with Crippen molar-refractivity contribution < 1.29 is 4.79 Å². The van der Waals surface area contributed by atoms with E-state index >= 15 is 0 Å². The molecule has 1 N–H and O–H groups in total. The highest BCUT2D eigenvalue weighted by molar-refractivity contribution is 6.32. The number of carbonyl (C=O) groups excluding carboxylic acids is 1. The number of aryl methyl sites for hydroxylation is 2. The van der Waals surface area contributed by atoms with Gasteiger partial charge in [-0.15, -0.1) is 0 Å². The fourth-order valence-electron chi connectivity index (χ4n) is 2.32. The quantitative estimate of drug-likeness (QED) is 0.571. The molecule has 0 aliphatic carbocycles. The molecular formula is C19H17ClN4O. The number of aromatic nitrogens is 2. The molecule has 1 heterocycles. The van der Waals surface area contributed by atoms with Gasteiger partial charge in [0.2, 0.25) is 0 Å². The summed E-state index contributed by atoms with van der Waals surface area (Å²) in [5, 5.41) is 8.88. The molecule has 1 amide bonds. The number of hydrazone groups is 1. The highest BCUT2D eigenvalue weighted by atomic mass is 35.5. The second-order valence-electron chi connectivity index (χ2n) is 5.60. The van der Waals surface area contributed by atoms with Crippen molar-refractivity contribution in [3.8, 4) is 5.69 Å². The van der Waals surface area contributed by atoms with Gasteiger partial charge in [-0.05, 0) is 38.1 Å². The lowest BCUT2D eigenvalue weighted by atomic mass is 10.1. The van der Waals surface area contributed by atoms with Crippen molar-refractivity contribution in [2.75, 3.05) is 0 Å². The summed E-state index contributed by atoms with van der Waals surface area (Å²) in [5.41, 5.74) is 6.39. The van der Waals surface area contributed by atoms with Crippen molar-refractivity contribution in [2.45, 2.75) is 13.8 Å². The van der Waals surface area contributed by atoms with E-state index in [1.54, 1.807) is 16.8 Å². The van der Waals surface area contributed by atoms with Crippen molar-refractivity contribution >= 4 is 23.7 Å². The van der Waals surface area contributed by atoms with E-state index < -0.39 is 0 Å². The van der Waals surface area contributed by atoms with E-state index in [0.717, 1.165) is 16.9 Å². The van der Waals surface area contributed by atoms with Crippen LogP contribution in [0.5, 0.6) is 0 Å². The van der Waals surface area contributed by atoms with Gasteiger partial charge in [-0.1, -0.05) is 47.5 Å². The predicted molar refractivity (Wildman–Crippen MR) is 99.6 cm³/mol. The molecule has 2 aromatic carbocycles. The van der Waals surface area contributed by atoms with Crippen molar-refractivity contribution in [3.63, 3.8) is 0 Å². The Morgan fingerprint density at radius 1 is 1.12 bits per heavy atom. The average molecular weight is 353 g/mol. The van der Waals surface area contributed by atoms with Crippen LogP contribution in [0, 0.1) is 13.8 Å². The Bertz CT molecular complexity index is 915. The Kier molecular flexibility index (Phi) is 4.95. The minimum atomic E-state index is -0.277. The van der Waals surface area contributed by atoms with Crippen LogP contribution in [-0.2, 0) is 0 Å². The maximum absolute atomic E-state index is 12.1. The molecule has 126 valence electrons. The largest absolute Gasteiger partial charge is 0.271 e. The molecule has 1 aromatic heterocycles. The molecule has 3 aromatic rings. The van der Waals surface area contributed by atoms with Crippen LogP contribution in [0.15, 0.2) is 59.7 Å². The van der Waals surface area contributed by atoms with Gasteiger partial charge in [0.05, 0.1) is 23.2 Å². The highest BCUT2D eigenvalue weighted by Crippen LogP contribution is 2.21. The van der Waals surface area contributed by atoms with Crippen LogP contribution in [0.4, 0.5) is 0 Å². The predicted octanol–water partition coefficient (Wildman–Crippen LogP) is 3.91. The van der Waals surface area contributed by atoms with Gasteiger partial charge >= 0.3 is 0 Å². The summed E-state index contributed by atoms with van der Waals surface area (Å²) in [7, 11) is 0. The number of halogens is 1. The number of nitrogens with one attached hydrogen (secondary N) is 1. The summed E-state index contributed by atoms with van der Waals surface area (Å²) >= 11 is 6.41. The third-order valence-electron chi connectivity index (χ3n) is 3.72. The van der Waals surface area contributed by atoms with Crippen LogP contribution in [-0.4, -0.2) is 21.9 Å². The number of nitrogens with zero attached hydrogens (tertiary/aromatic N) is 3. The first-order chi connectivity index (χ1) is 12.1. The minimum Gasteiger partial charge on any atom is -0.267 e. The first kappa shape index (κ1) is 16.9. The van der Waals surface area contributed by atoms with Crippen molar-refractivity contribution in [1.29, 1.82) is 0 Å². The normalized spacial score (nSPS) is 11.0. The summed E-state index contributed by atoms with van der Waals surface area (Å²) in [5.74, 6) is -0.277. The first-order valence-corrected chi connectivity index (χ1v) is 8.14. The fourth-order valence-corrected chi connectivity index (χ4v) is 2.64. The summed E-state index contributed by atoms with van der Waals surface area (Å²) < 4.78 is 1.64. The topological polar surface area (TPSA) is 59.3 Å². The zero-order valence-electron chi connectivity index (χ0n) is 13.9. The summed E-state index contributed by atoms with van der Waals surface area (Å²) in [4.78, 5) is 12.1. The molecule has 0 unspecified atom stereocenters. The van der Waals surface area contributed by atoms with Gasteiger partial charge in [0.1, 0.15) is 5.15 Å². The monoisotopic (exact) mass is 352 g/mol. The zero-order valence-corrected chi connectivity index (χ0v) is 14.7. The van der Waals surface area contributed by atoms with Gasteiger partial charge in [-0.2, -0.15) is 10.2 Å². The summed E-state index contributed by atoms with van der Waals surface area (Å²) in [6.45, 7) is 3.81. The van der Waals surface area contributed by atoms with Crippen molar-refractivity contribution in [1.82, 2.24) is 15.2 Å². The molecule has 0 aliphatic rings. The number of rotatable bonds is 4. The Morgan fingerprint density at radius 3 is 2.48 bits per heavy atom. The number of carbonyl (C=O) groups is 1. The lowest BCUT2D eigenvalue weighted by Crippen LogP contribution is -2.17. The number of hydrogen-bond donors (Lipinski definition) is 1. The second-order valence-corrected chi connectivity index (χ2v) is 5.96. The van der Waals surface area contributed by atoms with Crippen LogP contribution in [0.2, 0.25) is 5.15 Å². The molecule has 5 nitrogen and oxygen atoms in total. The van der Waals surface area contributed by atoms with Gasteiger partial charge in [0.15, 0.2) is 0 Å². The lowest BCUT2D eigenvalue weighted by Gasteiger charge is -2.02. The SMILES string of the molecule is Cc1ccc(C(=O)NN=Cc2c(C)nn(-c3ccccc3)c2Cl)cc1. The third kappa shape index (κ3) is 3.78. The summed E-state index contributed by atoms with van der Waals surface area (Å²) in [6.07, 6.45) is 1.51. The Balaban J connectivity index is 1.77. The molecule has 3 rings (SSSR count). The smallest absolute Gasteiger partial charge is 0.267 e. The van der Waals surface area contributed by atoms with Gasteiger partial charge in [0.25, 0.3) is 5.91 Å². The van der Waals surface area contributed by atoms with Gasteiger partial charge < -0.3 is 0 Å². The van der Waals surface area contributed by atoms with Crippen LogP contribution in [0.3, 0.4) is 0 Å². The first-order valence-electron chi connectivity index (χ1n) is 7.77. The fraction of sp³-hybridized carbons (Fsp3) is 0.105.